The molecular formula is C18H18F3N3O3. The minimum absolute atomic E-state index is 0.117. The van der Waals surface area contributed by atoms with E-state index in [0.717, 1.165) is 12.8 Å². The summed E-state index contributed by atoms with van der Waals surface area (Å²) in [6.07, 6.45) is -0.745. The van der Waals surface area contributed by atoms with Crippen molar-refractivity contribution in [3.05, 3.63) is 42.1 Å². The van der Waals surface area contributed by atoms with E-state index in [4.69, 9.17) is 4.42 Å². The molecule has 1 aliphatic heterocycles. The molecule has 1 saturated heterocycles. The van der Waals surface area contributed by atoms with Gasteiger partial charge in [-0.3, -0.25) is 4.79 Å². The second-order valence-corrected chi connectivity index (χ2v) is 6.79. The molecule has 1 amide bonds. The maximum atomic E-state index is 12.5. The summed E-state index contributed by atoms with van der Waals surface area (Å²) in [6.45, 7) is 1.12. The molecule has 1 saturated carbocycles. The number of carbonyl (C=O) groups excluding carboxylic acids is 1. The van der Waals surface area contributed by atoms with Crippen LogP contribution in [0, 0.1) is 0 Å². The Kier molecular flexibility index (Phi) is 4.45. The van der Waals surface area contributed by atoms with Crippen LogP contribution in [-0.4, -0.2) is 36.4 Å². The van der Waals surface area contributed by atoms with Gasteiger partial charge in [0, 0.05) is 36.8 Å². The maximum absolute atomic E-state index is 12.5. The van der Waals surface area contributed by atoms with Gasteiger partial charge in [0.1, 0.15) is 11.5 Å². The van der Waals surface area contributed by atoms with Crippen molar-refractivity contribution in [2.24, 2.45) is 0 Å². The second kappa shape index (κ2) is 6.79. The van der Waals surface area contributed by atoms with Crippen molar-refractivity contribution in [1.29, 1.82) is 0 Å². The highest BCUT2D eigenvalue weighted by molar-refractivity contribution is 5.93. The van der Waals surface area contributed by atoms with Crippen LogP contribution < -0.4 is 15.0 Å². The van der Waals surface area contributed by atoms with Gasteiger partial charge in [0.2, 0.25) is 0 Å². The number of hydrogen-bond acceptors (Lipinski definition) is 5. The van der Waals surface area contributed by atoms with Crippen molar-refractivity contribution in [2.45, 2.75) is 37.6 Å². The third kappa shape index (κ3) is 4.17. The van der Waals surface area contributed by atoms with E-state index >= 15 is 0 Å². The van der Waals surface area contributed by atoms with E-state index in [1.165, 1.54) is 24.6 Å². The Morgan fingerprint density at radius 3 is 2.85 bits per heavy atom. The van der Waals surface area contributed by atoms with Crippen LogP contribution in [0.15, 0.2) is 35.1 Å². The molecule has 2 fully saturated rings. The molecular weight excluding hydrogens is 363 g/mol. The van der Waals surface area contributed by atoms with Gasteiger partial charge in [-0.15, -0.1) is 13.2 Å². The number of halogens is 3. The number of rotatable bonds is 5. The molecule has 9 heteroatoms. The van der Waals surface area contributed by atoms with Crippen LogP contribution in [0.1, 0.15) is 41.4 Å². The van der Waals surface area contributed by atoms with Crippen LogP contribution in [0.25, 0.3) is 0 Å². The summed E-state index contributed by atoms with van der Waals surface area (Å²) in [6, 6.07) is 5.72. The highest BCUT2D eigenvalue weighted by Crippen LogP contribution is 2.41. The highest BCUT2D eigenvalue weighted by Gasteiger charge is 2.34. The number of nitrogens with zero attached hydrogens (tertiary/aromatic N) is 2. The van der Waals surface area contributed by atoms with Crippen molar-refractivity contribution >= 4 is 11.6 Å². The first kappa shape index (κ1) is 17.7. The van der Waals surface area contributed by atoms with Gasteiger partial charge in [-0.2, -0.15) is 0 Å². The van der Waals surface area contributed by atoms with Gasteiger partial charge >= 0.3 is 6.36 Å². The molecule has 2 aliphatic rings. The van der Waals surface area contributed by atoms with Gasteiger partial charge in [-0.1, -0.05) is 6.07 Å². The number of aromatic nitrogens is 1. The lowest BCUT2D eigenvalue weighted by Gasteiger charge is -2.20. The molecule has 27 heavy (non-hydrogen) atoms. The number of benzene rings is 1. The van der Waals surface area contributed by atoms with Crippen LogP contribution in [0.3, 0.4) is 0 Å². The summed E-state index contributed by atoms with van der Waals surface area (Å²) in [5.41, 5.74) is 0.949. The Morgan fingerprint density at radius 2 is 2.11 bits per heavy atom. The number of alkyl halides is 3. The number of anilines is 1. The summed E-state index contributed by atoms with van der Waals surface area (Å²) in [5, 5.41) is 2.94. The lowest BCUT2D eigenvalue weighted by Crippen LogP contribution is -2.37. The van der Waals surface area contributed by atoms with Gasteiger partial charge in [0.05, 0.1) is 0 Å². The summed E-state index contributed by atoms with van der Waals surface area (Å²) in [5.74, 6) is 0.389. The zero-order valence-electron chi connectivity index (χ0n) is 14.3. The van der Waals surface area contributed by atoms with Crippen LogP contribution in [0.5, 0.6) is 5.75 Å². The number of hydrogen-bond donors (Lipinski definition) is 1. The van der Waals surface area contributed by atoms with Crippen molar-refractivity contribution < 1.29 is 27.1 Å². The molecule has 144 valence electrons. The van der Waals surface area contributed by atoms with Crippen molar-refractivity contribution in [3.63, 3.8) is 0 Å². The smallest absolute Gasteiger partial charge is 0.447 e. The topological polar surface area (TPSA) is 67.6 Å². The maximum Gasteiger partial charge on any atom is 0.573 e. The molecule has 0 bridgehead atoms. The number of nitrogens with one attached hydrogen (secondary N) is 1. The molecule has 4 rings (SSSR count). The fourth-order valence-electron chi connectivity index (χ4n) is 3.30. The van der Waals surface area contributed by atoms with Gasteiger partial charge in [0.25, 0.3) is 5.91 Å². The summed E-state index contributed by atoms with van der Waals surface area (Å²) < 4.78 is 46.5. The van der Waals surface area contributed by atoms with E-state index in [2.05, 4.69) is 15.0 Å². The Balaban J connectivity index is 1.38. The van der Waals surface area contributed by atoms with Gasteiger partial charge in [0.15, 0.2) is 12.1 Å². The average molecular weight is 381 g/mol. The Bertz CT molecular complexity index is 832. The molecule has 1 aromatic heterocycles. The lowest BCUT2D eigenvalue weighted by atomic mass is 10.2. The van der Waals surface area contributed by atoms with E-state index in [9.17, 15) is 18.0 Å². The molecule has 0 spiro atoms. The number of ether oxygens (including phenoxy) is 1. The molecule has 1 aliphatic carbocycles. The first-order chi connectivity index (χ1) is 12.9. The monoisotopic (exact) mass is 381 g/mol. The molecule has 1 atom stereocenters. The third-order valence-electron chi connectivity index (χ3n) is 4.70. The molecule has 1 N–H and O–H groups in total. The zero-order valence-corrected chi connectivity index (χ0v) is 14.3. The Labute approximate surface area is 153 Å². The van der Waals surface area contributed by atoms with Crippen LogP contribution in [0.2, 0.25) is 0 Å². The largest absolute Gasteiger partial charge is 0.573 e. The fourth-order valence-corrected chi connectivity index (χ4v) is 3.30. The van der Waals surface area contributed by atoms with E-state index in [1.54, 1.807) is 6.07 Å². The minimum atomic E-state index is -4.73. The highest BCUT2D eigenvalue weighted by atomic mass is 19.4. The average Bonchev–Trinajstić information content (AvgIpc) is 3.14. The van der Waals surface area contributed by atoms with Gasteiger partial charge < -0.3 is 19.4 Å². The SMILES string of the molecule is O=C(NC1CCN(c2cccc(OC(F)(F)F)c2)C1)c1ncoc1C1CC1. The van der Waals surface area contributed by atoms with Crippen molar-refractivity contribution in [3.8, 4) is 5.75 Å². The second-order valence-electron chi connectivity index (χ2n) is 6.79. The minimum Gasteiger partial charge on any atom is -0.447 e. The first-order valence-corrected chi connectivity index (χ1v) is 8.74. The van der Waals surface area contributed by atoms with E-state index in [-0.39, 0.29) is 23.6 Å². The fraction of sp³-hybridized carbons (Fsp3) is 0.444. The predicted molar refractivity (Wildman–Crippen MR) is 89.7 cm³/mol. The number of oxazole rings is 1. The summed E-state index contributed by atoms with van der Waals surface area (Å²) in [4.78, 5) is 18.4. The van der Waals surface area contributed by atoms with E-state index in [1.807, 2.05) is 4.90 Å². The Hall–Kier alpha value is -2.71. The summed E-state index contributed by atoms with van der Waals surface area (Å²) in [7, 11) is 0. The van der Waals surface area contributed by atoms with Gasteiger partial charge in [-0.05, 0) is 31.4 Å². The standard InChI is InChI=1S/C18H18F3N3O3/c19-18(20,21)27-14-3-1-2-13(8-14)24-7-6-12(9-24)23-17(25)15-16(11-4-5-11)26-10-22-15/h1-3,8,10-12H,4-7,9H2,(H,23,25). The van der Waals surface area contributed by atoms with Crippen molar-refractivity contribution in [1.82, 2.24) is 10.3 Å². The first-order valence-electron chi connectivity index (χ1n) is 8.74. The van der Waals surface area contributed by atoms with Crippen LogP contribution in [-0.2, 0) is 0 Å². The zero-order chi connectivity index (χ0) is 19.0. The lowest BCUT2D eigenvalue weighted by molar-refractivity contribution is -0.274. The van der Waals surface area contributed by atoms with Crippen molar-refractivity contribution in [2.75, 3.05) is 18.0 Å². The third-order valence-corrected chi connectivity index (χ3v) is 4.70. The molecule has 2 heterocycles. The molecule has 0 radical (unpaired) electrons. The Morgan fingerprint density at radius 1 is 1.30 bits per heavy atom. The molecule has 1 unspecified atom stereocenters. The van der Waals surface area contributed by atoms with Gasteiger partial charge in [-0.25, -0.2) is 4.98 Å². The number of amides is 1. The predicted octanol–water partition coefficient (Wildman–Crippen LogP) is 3.46. The van der Waals surface area contributed by atoms with Crippen LogP contribution >= 0.6 is 0 Å². The number of carbonyl (C=O) groups is 1. The van der Waals surface area contributed by atoms with E-state index < -0.39 is 6.36 Å². The van der Waals surface area contributed by atoms with Crippen LogP contribution in [0.4, 0.5) is 18.9 Å². The normalized spacial score (nSPS) is 20.0. The quantitative estimate of drug-likeness (QED) is 0.859. The van der Waals surface area contributed by atoms with E-state index in [0.29, 0.717) is 36.7 Å². The molecule has 6 nitrogen and oxygen atoms in total. The molecule has 1 aromatic carbocycles. The summed E-state index contributed by atoms with van der Waals surface area (Å²) >= 11 is 0. The molecule has 2 aromatic rings.